The summed E-state index contributed by atoms with van der Waals surface area (Å²) in [4.78, 5) is 11.4. The van der Waals surface area contributed by atoms with Crippen LogP contribution in [0, 0.1) is 0 Å². The topological polar surface area (TPSA) is 44.8 Å². The van der Waals surface area contributed by atoms with Crippen LogP contribution < -0.4 is 0 Å². The van der Waals surface area contributed by atoms with E-state index >= 15 is 0 Å². The predicted molar refractivity (Wildman–Crippen MR) is 82.9 cm³/mol. The molecular weight excluding hydrogens is 267 g/mol. The Kier molecular flexibility index (Phi) is 4.26. The number of ether oxygens (including phenoxy) is 1. The average molecular weight is 288 g/mol. The molecule has 0 atom stereocenters. The van der Waals surface area contributed by atoms with Gasteiger partial charge in [0.15, 0.2) is 0 Å². The smallest absolute Gasteiger partial charge is 0.465 e. The van der Waals surface area contributed by atoms with Gasteiger partial charge in [-0.25, -0.2) is 4.79 Å². The van der Waals surface area contributed by atoms with Gasteiger partial charge < -0.3 is 14.0 Å². The number of rotatable bonds is 3. The first kappa shape index (κ1) is 15.8. The van der Waals surface area contributed by atoms with Gasteiger partial charge in [0.25, 0.3) is 0 Å². The first-order valence-electron chi connectivity index (χ1n) is 6.97. The largest absolute Gasteiger partial charge is 0.487 e. The molecule has 1 fully saturated rings. The standard InChI is InChI=1S/C16H21BO4/c1-15(2)16(3,4)21-17(20-15)11-10-12-6-8-13(9-7-12)14(18)19-5/h6-11H,1-5H3. The lowest BCUT2D eigenvalue weighted by Crippen LogP contribution is -2.41. The van der Waals surface area contributed by atoms with Gasteiger partial charge >= 0.3 is 13.1 Å². The first-order chi connectivity index (χ1) is 9.75. The summed E-state index contributed by atoms with van der Waals surface area (Å²) < 4.78 is 16.4. The Labute approximate surface area is 126 Å². The van der Waals surface area contributed by atoms with E-state index in [4.69, 9.17) is 9.31 Å². The summed E-state index contributed by atoms with van der Waals surface area (Å²) in [5.74, 6) is 1.54. The van der Waals surface area contributed by atoms with E-state index in [0.717, 1.165) is 5.56 Å². The zero-order valence-electron chi connectivity index (χ0n) is 13.2. The maximum absolute atomic E-state index is 11.4. The van der Waals surface area contributed by atoms with Gasteiger partial charge in [0.05, 0.1) is 23.9 Å². The summed E-state index contributed by atoms with van der Waals surface area (Å²) in [6.45, 7) is 8.08. The van der Waals surface area contributed by atoms with E-state index in [1.54, 1.807) is 12.1 Å². The van der Waals surface area contributed by atoms with Crippen molar-refractivity contribution in [2.75, 3.05) is 7.11 Å². The molecule has 0 radical (unpaired) electrons. The van der Waals surface area contributed by atoms with Gasteiger partial charge in [-0.3, -0.25) is 0 Å². The van der Waals surface area contributed by atoms with E-state index < -0.39 is 0 Å². The molecule has 0 unspecified atom stereocenters. The molecule has 0 saturated carbocycles. The van der Waals surface area contributed by atoms with Crippen LogP contribution in [0.4, 0.5) is 0 Å². The number of hydrogen-bond donors (Lipinski definition) is 0. The summed E-state index contributed by atoms with van der Waals surface area (Å²) in [5, 5.41) is 0. The lowest BCUT2D eigenvalue weighted by atomic mass is 9.89. The fourth-order valence-corrected chi connectivity index (χ4v) is 2.01. The molecule has 0 aromatic heterocycles. The van der Waals surface area contributed by atoms with Crippen molar-refractivity contribution >= 4 is 19.2 Å². The first-order valence-corrected chi connectivity index (χ1v) is 6.97. The van der Waals surface area contributed by atoms with Crippen LogP contribution >= 0.6 is 0 Å². The fourth-order valence-electron chi connectivity index (χ4n) is 2.01. The highest BCUT2D eigenvalue weighted by molar-refractivity contribution is 6.52. The Morgan fingerprint density at radius 1 is 1.10 bits per heavy atom. The molecule has 0 amide bonds. The number of esters is 1. The molecule has 0 N–H and O–H groups in total. The van der Waals surface area contributed by atoms with Crippen molar-refractivity contribution in [1.82, 2.24) is 0 Å². The summed E-state index contributed by atoms with van der Waals surface area (Å²) in [6, 6.07) is 7.17. The average Bonchev–Trinajstić information content (AvgIpc) is 2.64. The summed E-state index contributed by atoms with van der Waals surface area (Å²) in [6.07, 6.45) is 1.92. The molecule has 4 nitrogen and oxygen atoms in total. The molecule has 1 saturated heterocycles. The molecule has 1 aromatic carbocycles. The highest BCUT2D eigenvalue weighted by Crippen LogP contribution is 2.36. The highest BCUT2D eigenvalue weighted by atomic mass is 16.7. The molecular formula is C16H21BO4. The van der Waals surface area contributed by atoms with Gasteiger partial charge in [-0.05, 0) is 45.4 Å². The maximum Gasteiger partial charge on any atom is 0.487 e. The monoisotopic (exact) mass is 288 g/mol. The molecule has 1 aromatic rings. The molecule has 2 rings (SSSR count). The highest BCUT2D eigenvalue weighted by Gasteiger charge is 2.49. The van der Waals surface area contributed by atoms with Crippen molar-refractivity contribution in [3.8, 4) is 0 Å². The van der Waals surface area contributed by atoms with Crippen LogP contribution in [0.1, 0.15) is 43.6 Å². The van der Waals surface area contributed by atoms with Gasteiger partial charge in [-0.1, -0.05) is 24.2 Å². The molecule has 0 bridgehead atoms. The Hall–Kier alpha value is -1.59. The molecule has 1 heterocycles. The minimum Gasteiger partial charge on any atom is -0.465 e. The third-order valence-corrected chi connectivity index (χ3v) is 4.05. The van der Waals surface area contributed by atoms with Crippen LogP contribution in [0.3, 0.4) is 0 Å². The molecule has 0 spiro atoms. The van der Waals surface area contributed by atoms with Crippen molar-refractivity contribution in [1.29, 1.82) is 0 Å². The van der Waals surface area contributed by atoms with Crippen LogP contribution in [0.5, 0.6) is 0 Å². The summed E-state index contributed by atoms with van der Waals surface area (Å²) in [5.41, 5.74) is 0.829. The number of hydrogen-bond acceptors (Lipinski definition) is 4. The Balaban J connectivity index is 2.04. The van der Waals surface area contributed by atoms with Gasteiger partial charge in [0.2, 0.25) is 0 Å². The molecule has 0 aliphatic carbocycles. The molecule has 5 heteroatoms. The number of carbonyl (C=O) groups is 1. The maximum atomic E-state index is 11.4. The minimum atomic E-state index is -0.365. The van der Waals surface area contributed by atoms with Crippen LogP contribution in [0.2, 0.25) is 0 Å². The van der Waals surface area contributed by atoms with E-state index in [1.165, 1.54) is 7.11 Å². The SMILES string of the molecule is COC(=O)c1ccc(C=CB2OC(C)(C)C(C)(C)O2)cc1. The molecule has 112 valence electrons. The quantitative estimate of drug-likeness (QED) is 0.633. The minimum absolute atomic E-state index is 0.337. The van der Waals surface area contributed by atoms with E-state index in [9.17, 15) is 4.79 Å². The Morgan fingerprint density at radius 3 is 2.10 bits per heavy atom. The lowest BCUT2D eigenvalue weighted by Gasteiger charge is -2.32. The van der Waals surface area contributed by atoms with Crippen molar-refractivity contribution < 1.29 is 18.8 Å². The van der Waals surface area contributed by atoms with Crippen molar-refractivity contribution in [3.63, 3.8) is 0 Å². The molecule has 21 heavy (non-hydrogen) atoms. The van der Waals surface area contributed by atoms with Crippen LogP contribution in [0.15, 0.2) is 30.2 Å². The van der Waals surface area contributed by atoms with Gasteiger partial charge in [0, 0.05) is 0 Å². The second-order valence-electron chi connectivity index (χ2n) is 6.10. The number of methoxy groups -OCH3 is 1. The number of benzene rings is 1. The second-order valence-corrected chi connectivity index (χ2v) is 6.10. The van der Waals surface area contributed by atoms with E-state index in [0.29, 0.717) is 5.56 Å². The van der Waals surface area contributed by atoms with Crippen LogP contribution in [0.25, 0.3) is 6.08 Å². The van der Waals surface area contributed by atoms with Crippen molar-refractivity contribution in [3.05, 3.63) is 41.4 Å². The predicted octanol–water partition coefficient (Wildman–Crippen LogP) is 3.12. The second kappa shape index (κ2) is 5.66. The zero-order chi connectivity index (χ0) is 15.7. The third-order valence-electron chi connectivity index (χ3n) is 4.05. The normalized spacial score (nSPS) is 20.0. The van der Waals surface area contributed by atoms with Crippen molar-refractivity contribution in [2.45, 2.75) is 38.9 Å². The summed E-state index contributed by atoms with van der Waals surface area (Å²) >= 11 is 0. The van der Waals surface area contributed by atoms with Crippen LogP contribution in [-0.4, -0.2) is 31.4 Å². The van der Waals surface area contributed by atoms with Crippen LogP contribution in [-0.2, 0) is 14.0 Å². The molecule has 1 aliphatic heterocycles. The van der Waals surface area contributed by atoms with Crippen molar-refractivity contribution in [2.24, 2.45) is 0 Å². The van der Waals surface area contributed by atoms with Gasteiger partial charge in [0.1, 0.15) is 0 Å². The fraction of sp³-hybridized carbons (Fsp3) is 0.438. The Morgan fingerprint density at radius 2 is 1.62 bits per heavy atom. The van der Waals surface area contributed by atoms with E-state index in [-0.39, 0.29) is 24.3 Å². The zero-order valence-corrected chi connectivity index (χ0v) is 13.2. The summed E-state index contributed by atoms with van der Waals surface area (Å²) in [7, 11) is 1.00. The van der Waals surface area contributed by atoms with E-state index in [1.807, 2.05) is 51.9 Å². The molecule has 1 aliphatic rings. The van der Waals surface area contributed by atoms with Gasteiger partial charge in [-0.2, -0.15) is 0 Å². The lowest BCUT2D eigenvalue weighted by molar-refractivity contribution is 0.00578. The third kappa shape index (κ3) is 3.36. The number of carbonyl (C=O) groups excluding carboxylic acids is 1. The van der Waals surface area contributed by atoms with E-state index in [2.05, 4.69) is 4.74 Å². The Bertz CT molecular complexity index is 530. The van der Waals surface area contributed by atoms with Gasteiger partial charge in [-0.15, -0.1) is 0 Å².